The molecule has 1 aromatic heterocycles. The van der Waals surface area contributed by atoms with E-state index in [0.29, 0.717) is 10.8 Å². The second-order valence-electron chi connectivity index (χ2n) is 3.70. The molecule has 0 aliphatic rings. The number of aromatic nitrogens is 2. The molecular weight excluding hydrogens is 234 g/mol. The summed E-state index contributed by atoms with van der Waals surface area (Å²) in [6.45, 7) is 1.98. The van der Waals surface area contributed by atoms with Crippen molar-refractivity contribution in [2.24, 2.45) is 0 Å². The van der Waals surface area contributed by atoms with Crippen LogP contribution in [0.3, 0.4) is 0 Å². The van der Waals surface area contributed by atoms with Gasteiger partial charge in [0.1, 0.15) is 5.92 Å². The lowest BCUT2D eigenvalue weighted by atomic mass is 9.93. The van der Waals surface area contributed by atoms with Crippen molar-refractivity contribution in [2.45, 2.75) is 12.8 Å². The first kappa shape index (κ1) is 11.6. The minimum atomic E-state index is -0.402. The topological polar surface area (TPSA) is 49.6 Å². The molecule has 4 heteroatoms. The molecule has 1 atom stereocenters. The molecule has 17 heavy (non-hydrogen) atoms. The monoisotopic (exact) mass is 243 g/mol. The molecule has 0 saturated heterocycles. The molecule has 0 fully saturated rings. The number of halogens is 1. The van der Waals surface area contributed by atoms with E-state index in [-0.39, 0.29) is 0 Å². The van der Waals surface area contributed by atoms with Gasteiger partial charge in [0, 0.05) is 0 Å². The predicted octanol–water partition coefficient (Wildman–Crippen LogP) is 3.09. The van der Waals surface area contributed by atoms with Crippen LogP contribution in [-0.4, -0.2) is 10.2 Å². The summed E-state index contributed by atoms with van der Waals surface area (Å²) in [4.78, 5) is 0. The van der Waals surface area contributed by atoms with Crippen molar-refractivity contribution in [1.82, 2.24) is 10.2 Å². The average Bonchev–Trinajstić information content (AvgIpc) is 2.35. The minimum absolute atomic E-state index is 0.329. The third-order valence-electron chi connectivity index (χ3n) is 2.58. The Hall–Kier alpha value is -1.92. The van der Waals surface area contributed by atoms with Crippen molar-refractivity contribution in [3.8, 4) is 6.07 Å². The van der Waals surface area contributed by atoms with Gasteiger partial charge >= 0.3 is 0 Å². The van der Waals surface area contributed by atoms with Crippen LogP contribution >= 0.6 is 11.6 Å². The summed E-state index contributed by atoms with van der Waals surface area (Å²) < 4.78 is 0. The van der Waals surface area contributed by atoms with Crippen molar-refractivity contribution in [3.05, 3.63) is 58.4 Å². The van der Waals surface area contributed by atoms with Crippen LogP contribution in [-0.2, 0) is 0 Å². The number of hydrogen-bond acceptors (Lipinski definition) is 3. The fourth-order valence-electron chi connectivity index (χ4n) is 1.69. The summed E-state index contributed by atoms with van der Waals surface area (Å²) in [5, 5.41) is 17.3. The van der Waals surface area contributed by atoms with Crippen molar-refractivity contribution in [2.75, 3.05) is 0 Å². The number of rotatable bonds is 2. The zero-order chi connectivity index (χ0) is 12.3. The Labute approximate surface area is 105 Å². The van der Waals surface area contributed by atoms with E-state index in [1.807, 2.05) is 31.2 Å². The third kappa shape index (κ3) is 2.43. The Kier molecular flexibility index (Phi) is 3.36. The van der Waals surface area contributed by atoms with E-state index in [9.17, 15) is 5.26 Å². The van der Waals surface area contributed by atoms with Crippen LogP contribution in [0.5, 0.6) is 0 Å². The van der Waals surface area contributed by atoms with E-state index >= 15 is 0 Å². The van der Waals surface area contributed by atoms with Gasteiger partial charge in [0.25, 0.3) is 0 Å². The molecule has 1 heterocycles. The SMILES string of the molecule is Cc1ccccc1C(C#N)c1ccc(Cl)nn1. The molecule has 3 nitrogen and oxygen atoms in total. The molecule has 0 aliphatic carbocycles. The van der Waals surface area contributed by atoms with Crippen LogP contribution < -0.4 is 0 Å². The van der Waals surface area contributed by atoms with Gasteiger partial charge in [-0.15, -0.1) is 5.10 Å². The molecule has 0 bridgehead atoms. The van der Waals surface area contributed by atoms with E-state index in [1.165, 1.54) is 0 Å². The summed E-state index contributed by atoms with van der Waals surface area (Å²) in [5.41, 5.74) is 2.63. The van der Waals surface area contributed by atoms with E-state index in [0.717, 1.165) is 11.1 Å². The van der Waals surface area contributed by atoms with Crippen molar-refractivity contribution in [1.29, 1.82) is 5.26 Å². The van der Waals surface area contributed by atoms with Gasteiger partial charge in [-0.25, -0.2) is 0 Å². The highest BCUT2D eigenvalue weighted by Gasteiger charge is 2.16. The smallest absolute Gasteiger partial charge is 0.151 e. The average molecular weight is 244 g/mol. The highest BCUT2D eigenvalue weighted by Crippen LogP contribution is 2.25. The lowest BCUT2D eigenvalue weighted by Crippen LogP contribution is -2.04. The van der Waals surface area contributed by atoms with Crippen LogP contribution in [0.2, 0.25) is 5.15 Å². The quantitative estimate of drug-likeness (QED) is 0.814. The van der Waals surface area contributed by atoms with Crippen LogP contribution in [0.15, 0.2) is 36.4 Å². The van der Waals surface area contributed by atoms with E-state index in [4.69, 9.17) is 11.6 Å². The second-order valence-corrected chi connectivity index (χ2v) is 4.09. The number of hydrogen-bond donors (Lipinski definition) is 0. The van der Waals surface area contributed by atoms with Gasteiger partial charge in [-0.1, -0.05) is 35.9 Å². The summed E-state index contributed by atoms with van der Waals surface area (Å²) in [6, 6.07) is 13.4. The third-order valence-corrected chi connectivity index (χ3v) is 2.78. The molecule has 1 unspecified atom stereocenters. The zero-order valence-electron chi connectivity index (χ0n) is 9.26. The van der Waals surface area contributed by atoms with Gasteiger partial charge in [0.15, 0.2) is 5.15 Å². The van der Waals surface area contributed by atoms with Crippen molar-refractivity contribution in [3.63, 3.8) is 0 Å². The van der Waals surface area contributed by atoms with Gasteiger partial charge < -0.3 is 0 Å². The van der Waals surface area contributed by atoms with Gasteiger partial charge in [0.2, 0.25) is 0 Å². The summed E-state index contributed by atoms with van der Waals surface area (Å²) in [6.07, 6.45) is 0. The normalized spacial score (nSPS) is 11.8. The molecular formula is C13H10ClN3. The van der Waals surface area contributed by atoms with Crippen molar-refractivity contribution >= 4 is 11.6 Å². The van der Waals surface area contributed by atoms with Crippen LogP contribution in [0, 0.1) is 18.3 Å². The van der Waals surface area contributed by atoms with E-state index in [2.05, 4.69) is 16.3 Å². The highest BCUT2D eigenvalue weighted by atomic mass is 35.5. The molecule has 1 aromatic carbocycles. The summed E-state index contributed by atoms with van der Waals surface area (Å²) in [5.74, 6) is -0.402. The number of aryl methyl sites for hydroxylation is 1. The van der Waals surface area contributed by atoms with Gasteiger partial charge in [-0.05, 0) is 30.2 Å². The molecule has 2 rings (SSSR count). The van der Waals surface area contributed by atoms with Crippen molar-refractivity contribution < 1.29 is 0 Å². The fourth-order valence-corrected chi connectivity index (χ4v) is 1.79. The lowest BCUT2D eigenvalue weighted by Gasteiger charge is -2.10. The van der Waals surface area contributed by atoms with Crippen LogP contribution in [0.4, 0.5) is 0 Å². The van der Waals surface area contributed by atoms with E-state index < -0.39 is 5.92 Å². The largest absolute Gasteiger partial charge is 0.197 e. The standard InChI is InChI=1S/C13H10ClN3/c1-9-4-2-3-5-10(9)11(8-15)12-6-7-13(14)17-16-12/h2-7,11H,1H3. The number of nitriles is 1. The first-order chi connectivity index (χ1) is 8.22. The first-order valence-corrected chi connectivity index (χ1v) is 5.54. The first-order valence-electron chi connectivity index (χ1n) is 5.16. The Bertz CT molecular complexity index is 558. The molecule has 0 aliphatic heterocycles. The predicted molar refractivity (Wildman–Crippen MR) is 65.7 cm³/mol. The molecule has 84 valence electrons. The maximum absolute atomic E-state index is 9.28. The van der Waals surface area contributed by atoms with Crippen LogP contribution in [0.25, 0.3) is 0 Å². The lowest BCUT2D eigenvalue weighted by molar-refractivity contribution is 0.879. The molecule has 0 saturated carbocycles. The molecule has 0 spiro atoms. The van der Waals surface area contributed by atoms with Gasteiger partial charge in [-0.2, -0.15) is 10.4 Å². The molecule has 0 amide bonds. The van der Waals surface area contributed by atoms with Gasteiger partial charge in [-0.3, -0.25) is 0 Å². The zero-order valence-corrected chi connectivity index (χ0v) is 10.0. The molecule has 2 aromatic rings. The highest BCUT2D eigenvalue weighted by molar-refractivity contribution is 6.29. The molecule has 0 radical (unpaired) electrons. The van der Waals surface area contributed by atoms with Crippen LogP contribution in [0.1, 0.15) is 22.7 Å². The number of benzene rings is 1. The van der Waals surface area contributed by atoms with Gasteiger partial charge in [0.05, 0.1) is 11.8 Å². The van der Waals surface area contributed by atoms with E-state index in [1.54, 1.807) is 12.1 Å². The minimum Gasteiger partial charge on any atom is -0.197 e. The summed E-state index contributed by atoms with van der Waals surface area (Å²) >= 11 is 5.68. The number of nitrogens with zero attached hydrogens (tertiary/aromatic N) is 3. The second kappa shape index (κ2) is 4.94. The Morgan fingerprint density at radius 1 is 1.18 bits per heavy atom. The Morgan fingerprint density at radius 3 is 2.53 bits per heavy atom. The Morgan fingerprint density at radius 2 is 1.94 bits per heavy atom. The maximum atomic E-state index is 9.28. The fraction of sp³-hybridized carbons (Fsp3) is 0.154. The summed E-state index contributed by atoms with van der Waals surface area (Å²) in [7, 11) is 0. The Balaban J connectivity index is 2.45. The maximum Gasteiger partial charge on any atom is 0.151 e. The molecule has 0 N–H and O–H groups in total.